The third-order valence-electron chi connectivity index (χ3n) is 0. The van der Waals surface area contributed by atoms with Crippen LogP contribution in [0.3, 0.4) is 0 Å². The molecule has 2 nitrogen and oxygen atoms in total. The standard InChI is InChI=1S/Fe.2H2O.H2S/h;3*1H2. The van der Waals surface area contributed by atoms with Gasteiger partial charge in [0.1, 0.15) is 0 Å². The molecule has 0 rings (SSSR count). The van der Waals surface area contributed by atoms with Gasteiger partial charge in [-0.3, -0.25) is 0 Å². The van der Waals surface area contributed by atoms with Crippen molar-refractivity contribution >= 4 is 13.5 Å². The molecule has 0 aromatic heterocycles. The van der Waals surface area contributed by atoms with Gasteiger partial charge in [-0.2, -0.15) is 13.5 Å². The first kappa shape index (κ1) is 110. The maximum Gasteiger partial charge on any atom is 0 e. The molecule has 0 unspecified atom stereocenters. The van der Waals surface area contributed by atoms with Crippen LogP contribution in [0, 0.1) is 0 Å². The summed E-state index contributed by atoms with van der Waals surface area (Å²) >= 11 is 0. The zero-order valence-corrected chi connectivity index (χ0v) is 3.96. The fourth-order valence-corrected chi connectivity index (χ4v) is 0. The zero-order valence-electron chi connectivity index (χ0n) is 1.85. The maximum absolute atomic E-state index is 0. The molecule has 0 amide bonds. The predicted molar refractivity (Wildman–Crippen MR) is 17.6 cm³/mol. The summed E-state index contributed by atoms with van der Waals surface area (Å²) in [4.78, 5) is 0. The van der Waals surface area contributed by atoms with Crippen LogP contribution < -0.4 is 0 Å². The van der Waals surface area contributed by atoms with Crippen molar-refractivity contribution < 1.29 is 28.0 Å². The van der Waals surface area contributed by atoms with E-state index in [4.69, 9.17) is 0 Å². The van der Waals surface area contributed by atoms with Crippen LogP contribution in [-0.4, -0.2) is 11.0 Å². The van der Waals surface area contributed by atoms with E-state index in [1.165, 1.54) is 0 Å². The monoisotopic (exact) mass is 126 g/mol. The molecule has 4 heteroatoms. The molecule has 0 saturated heterocycles. The third kappa shape index (κ3) is 14.3. The predicted octanol–water partition coefficient (Wildman–Crippen LogP) is -1.54. The Kier molecular flexibility index (Phi) is 1310. The van der Waals surface area contributed by atoms with E-state index >= 15 is 0 Å². The Hall–Kier alpha value is 0.789. The minimum absolute atomic E-state index is 0. The van der Waals surface area contributed by atoms with E-state index in [9.17, 15) is 0 Å². The van der Waals surface area contributed by atoms with E-state index in [0.717, 1.165) is 0 Å². The van der Waals surface area contributed by atoms with Crippen LogP contribution in [-0.2, 0) is 17.1 Å². The van der Waals surface area contributed by atoms with Crippen LogP contribution in [0.1, 0.15) is 0 Å². The topological polar surface area (TPSA) is 63.0 Å². The van der Waals surface area contributed by atoms with Crippen molar-refractivity contribution in [2.75, 3.05) is 0 Å². The molecular formula is H6FeO2S. The van der Waals surface area contributed by atoms with Crippen molar-refractivity contribution in [2.24, 2.45) is 0 Å². The quantitative estimate of drug-likeness (QED) is 0.353. The summed E-state index contributed by atoms with van der Waals surface area (Å²) in [6, 6.07) is 0. The van der Waals surface area contributed by atoms with Crippen LogP contribution in [0.15, 0.2) is 0 Å². The van der Waals surface area contributed by atoms with Gasteiger partial charge in [0.15, 0.2) is 0 Å². The number of hydrogen-bond acceptors (Lipinski definition) is 0. The molecule has 0 radical (unpaired) electrons. The van der Waals surface area contributed by atoms with E-state index in [2.05, 4.69) is 0 Å². The van der Waals surface area contributed by atoms with E-state index in [-0.39, 0.29) is 41.5 Å². The van der Waals surface area contributed by atoms with Crippen LogP contribution in [0.4, 0.5) is 0 Å². The average Bonchev–Trinajstić information content (AvgIpc) is 0. The van der Waals surface area contributed by atoms with Crippen LogP contribution >= 0.6 is 13.5 Å². The Balaban J connectivity index is 0. The van der Waals surface area contributed by atoms with E-state index < -0.39 is 0 Å². The van der Waals surface area contributed by atoms with E-state index in [1.54, 1.807) is 0 Å². The second-order valence-electron chi connectivity index (χ2n) is 0. The SMILES string of the molecule is O.O.S.[Fe]. The van der Waals surface area contributed by atoms with Crippen LogP contribution in [0.5, 0.6) is 0 Å². The first-order valence-corrected chi connectivity index (χ1v) is 0. The molecule has 0 aromatic rings. The van der Waals surface area contributed by atoms with Gasteiger partial charge in [0.2, 0.25) is 0 Å². The van der Waals surface area contributed by atoms with Crippen LogP contribution in [0.2, 0.25) is 0 Å². The van der Waals surface area contributed by atoms with Crippen molar-refractivity contribution in [3.63, 3.8) is 0 Å². The van der Waals surface area contributed by atoms with Gasteiger partial charge >= 0.3 is 0 Å². The second kappa shape index (κ2) is 47.3. The summed E-state index contributed by atoms with van der Waals surface area (Å²) in [6.07, 6.45) is 0. The number of rotatable bonds is 0. The maximum atomic E-state index is 0. The minimum Gasteiger partial charge on any atom is -0.412 e. The molecule has 0 aliphatic heterocycles. The second-order valence-corrected chi connectivity index (χ2v) is 0. The van der Waals surface area contributed by atoms with E-state index in [0.29, 0.717) is 0 Å². The third-order valence-corrected chi connectivity index (χ3v) is 0. The fraction of sp³-hybridized carbons (Fsp3) is 0. The van der Waals surface area contributed by atoms with Gasteiger partial charge in [-0.05, 0) is 0 Å². The van der Waals surface area contributed by atoms with Gasteiger partial charge in [-0.15, -0.1) is 0 Å². The summed E-state index contributed by atoms with van der Waals surface area (Å²) < 4.78 is 0. The van der Waals surface area contributed by atoms with Crippen LogP contribution in [0.25, 0.3) is 0 Å². The van der Waals surface area contributed by atoms with E-state index in [1.807, 2.05) is 0 Å². The summed E-state index contributed by atoms with van der Waals surface area (Å²) in [7, 11) is 0. The molecule has 0 fully saturated rings. The zero-order chi connectivity index (χ0) is 0. The van der Waals surface area contributed by atoms with Gasteiger partial charge in [0.25, 0.3) is 0 Å². The molecule has 4 heavy (non-hydrogen) atoms. The van der Waals surface area contributed by atoms with Crippen molar-refractivity contribution in [1.29, 1.82) is 0 Å². The molecule has 0 aliphatic rings. The summed E-state index contributed by atoms with van der Waals surface area (Å²) in [5.74, 6) is 0. The molecule has 0 heterocycles. The Labute approximate surface area is 42.1 Å². The van der Waals surface area contributed by atoms with Gasteiger partial charge in [0, 0.05) is 17.1 Å². The summed E-state index contributed by atoms with van der Waals surface area (Å²) in [5.41, 5.74) is 0. The Morgan fingerprint density at radius 3 is 0.750 bits per heavy atom. The summed E-state index contributed by atoms with van der Waals surface area (Å²) in [5, 5.41) is 0. The molecular weight excluding hydrogens is 120 g/mol. The van der Waals surface area contributed by atoms with Crippen molar-refractivity contribution in [2.45, 2.75) is 0 Å². The first-order valence-electron chi connectivity index (χ1n) is 0. The Morgan fingerprint density at radius 2 is 0.750 bits per heavy atom. The van der Waals surface area contributed by atoms with Crippen molar-refractivity contribution in [3.8, 4) is 0 Å². The molecule has 32 valence electrons. The smallest absolute Gasteiger partial charge is 0 e. The molecule has 0 spiro atoms. The largest absolute Gasteiger partial charge is 0.412 e. The first-order chi connectivity index (χ1) is 0. The molecule has 0 atom stereocenters. The molecule has 0 aromatic carbocycles. The molecule has 0 bridgehead atoms. The molecule has 0 aliphatic carbocycles. The molecule has 4 N–H and O–H groups in total. The van der Waals surface area contributed by atoms with Gasteiger partial charge in [-0.25, -0.2) is 0 Å². The molecule has 0 saturated carbocycles. The summed E-state index contributed by atoms with van der Waals surface area (Å²) in [6.45, 7) is 0. The normalized spacial score (nSPS) is 0. The van der Waals surface area contributed by atoms with Gasteiger partial charge < -0.3 is 11.0 Å². The Bertz CT molecular complexity index is 6.00. The minimum atomic E-state index is 0. The van der Waals surface area contributed by atoms with Gasteiger partial charge in [-0.1, -0.05) is 0 Å². The van der Waals surface area contributed by atoms with Crippen molar-refractivity contribution in [3.05, 3.63) is 0 Å². The number of hydrogen-bond donors (Lipinski definition) is 0. The average molecular weight is 126 g/mol. The van der Waals surface area contributed by atoms with Crippen molar-refractivity contribution in [1.82, 2.24) is 0 Å². The van der Waals surface area contributed by atoms with Gasteiger partial charge in [0.05, 0.1) is 0 Å². The fourth-order valence-electron chi connectivity index (χ4n) is 0. The Morgan fingerprint density at radius 1 is 0.750 bits per heavy atom.